The summed E-state index contributed by atoms with van der Waals surface area (Å²) in [6.07, 6.45) is 5.16. The van der Waals surface area contributed by atoms with E-state index < -0.39 is 0 Å². The fourth-order valence-electron chi connectivity index (χ4n) is 3.82. The van der Waals surface area contributed by atoms with Crippen LogP contribution in [0.5, 0.6) is 5.75 Å². The molecule has 7 heteroatoms. The molecule has 3 rings (SSSR count). The molecule has 1 fully saturated rings. The van der Waals surface area contributed by atoms with Crippen LogP contribution in [-0.4, -0.2) is 32.6 Å². The van der Waals surface area contributed by atoms with Crippen molar-refractivity contribution in [3.63, 3.8) is 0 Å². The molecule has 1 amide bonds. The van der Waals surface area contributed by atoms with E-state index in [1.165, 1.54) is 0 Å². The summed E-state index contributed by atoms with van der Waals surface area (Å²) in [5.41, 5.74) is 3.10. The number of para-hydroxylation sites is 1. The number of guanidine groups is 1. The lowest BCUT2D eigenvalue weighted by atomic mass is 10.1. The summed E-state index contributed by atoms with van der Waals surface area (Å²) in [6.45, 7) is 1.37. The minimum atomic E-state index is 0. The second-order valence-electron chi connectivity index (χ2n) is 7.59. The van der Waals surface area contributed by atoms with Crippen molar-refractivity contribution < 1.29 is 9.53 Å². The van der Waals surface area contributed by atoms with Crippen LogP contribution in [0.1, 0.15) is 36.8 Å². The molecule has 0 heterocycles. The molecule has 0 atom stereocenters. The highest BCUT2D eigenvalue weighted by Crippen LogP contribution is 2.26. The Morgan fingerprint density at radius 1 is 1.10 bits per heavy atom. The van der Waals surface area contributed by atoms with Crippen molar-refractivity contribution in [3.8, 4) is 5.75 Å². The van der Waals surface area contributed by atoms with Crippen molar-refractivity contribution in [2.45, 2.75) is 38.6 Å². The van der Waals surface area contributed by atoms with Crippen LogP contribution in [0.2, 0.25) is 0 Å². The topological polar surface area (TPSA) is 74.8 Å². The van der Waals surface area contributed by atoms with Crippen LogP contribution in [-0.2, 0) is 17.8 Å². The van der Waals surface area contributed by atoms with Crippen LogP contribution in [0.4, 0.5) is 5.69 Å². The Morgan fingerprint density at radius 2 is 1.87 bits per heavy atom. The van der Waals surface area contributed by atoms with Crippen LogP contribution in [0, 0.1) is 5.92 Å². The molecule has 3 N–H and O–H groups in total. The molecule has 0 aliphatic heterocycles. The highest BCUT2D eigenvalue weighted by molar-refractivity contribution is 14.0. The number of nitrogens with zero attached hydrogens (tertiary/aromatic N) is 1. The van der Waals surface area contributed by atoms with Gasteiger partial charge in [0.1, 0.15) is 5.75 Å². The number of amides is 1. The number of rotatable bonds is 8. The van der Waals surface area contributed by atoms with Gasteiger partial charge in [-0.05, 0) is 48.6 Å². The third-order valence-corrected chi connectivity index (χ3v) is 5.48. The second-order valence-corrected chi connectivity index (χ2v) is 7.59. The van der Waals surface area contributed by atoms with Gasteiger partial charge in [-0.15, -0.1) is 24.0 Å². The zero-order valence-corrected chi connectivity index (χ0v) is 20.6. The summed E-state index contributed by atoms with van der Waals surface area (Å²) in [7, 11) is 3.45. The summed E-state index contributed by atoms with van der Waals surface area (Å²) in [5.74, 6) is 1.95. The van der Waals surface area contributed by atoms with Crippen LogP contribution >= 0.6 is 24.0 Å². The smallest absolute Gasteiger partial charge is 0.227 e. The van der Waals surface area contributed by atoms with Crippen molar-refractivity contribution >= 4 is 41.5 Å². The van der Waals surface area contributed by atoms with Gasteiger partial charge in [-0.25, -0.2) is 0 Å². The maximum absolute atomic E-state index is 12.4. The van der Waals surface area contributed by atoms with Gasteiger partial charge >= 0.3 is 0 Å². The Labute approximate surface area is 202 Å². The van der Waals surface area contributed by atoms with Gasteiger partial charge in [0.15, 0.2) is 5.96 Å². The van der Waals surface area contributed by atoms with E-state index in [4.69, 9.17) is 4.74 Å². The molecule has 0 radical (unpaired) electrons. The van der Waals surface area contributed by atoms with Gasteiger partial charge in [0.25, 0.3) is 0 Å². The summed E-state index contributed by atoms with van der Waals surface area (Å²) >= 11 is 0. The van der Waals surface area contributed by atoms with Crippen molar-refractivity contribution in [2.24, 2.45) is 10.9 Å². The Kier molecular flexibility index (Phi) is 10.6. The molecule has 0 unspecified atom stereocenters. The van der Waals surface area contributed by atoms with Gasteiger partial charge in [0, 0.05) is 31.7 Å². The van der Waals surface area contributed by atoms with E-state index in [2.05, 4.69) is 27.0 Å². The second kappa shape index (κ2) is 13.2. The Morgan fingerprint density at radius 3 is 2.61 bits per heavy atom. The van der Waals surface area contributed by atoms with Gasteiger partial charge in [0.2, 0.25) is 5.91 Å². The number of anilines is 1. The zero-order chi connectivity index (χ0) is 21.2. The van der Waals surface area contributed by atoms with E-state index in [1.807, 2.05) is 42.5 Å². The SMILES string of the molecule is CN=C(NCCc1ccccc1OC)NCc1cccc(NC(=O)C2CCCC2)c1.I. The highest BCUT2D eigenvalue weighted by atomic mass is 127. The predicted octanol–water partition coefficient (Wildman–Crippen LogP) is 4.35. The lowest BCUT2D eigenvalue weighted by Gasteiger charge is -2.14. The number of carbonyl (C=O) groups excluding carboxylic acids is 1. The number of hydrogen-bond acceptors (Lipinski definition) is 3. The Hall–Kier alpha value is -2.29. The summed E-state index contributed by atoms with van der Waals surface area (Å²) < 4.78 is 5.40. The van der Waals surface area contributed by atoms with Gasteiger partial charge < -0.3 is 20.7 Å². The molecule has 1 saturated carbocycles. The number of ether oxygens (including phenoxy) is 1. The number of aliphatic imine (C=N–C) groups is 1. The quantitative estimate of drug-likeness (QED) is 0.267. The lowest BCUT2D eigenvalue weighted by Crippen LogP contribution is -2.37. The van der Waals surface area contributed by atoms with Gasteiger partial charge in [0.05, 0.1) is 7.11 Å². The number of hydrogen-bond donors (Lipinski definition) is 3. The van der Waals surface area contributed by atoms with Gasteiger partial charge in [-0.3, -0.25) is 9.79 Å². The number of benzene rings is 2. The monoisotopic (exact) mass is 536 g/mol. The third-order valence-electron chi connectivity index (χ3n) is 5.48. The zero-order valence-electron chi connectivity index (χ0n) is 18.3. The number of halogens is 1. The normalized spacial score (nSPS) is 13.9. The van der Waals surface area contributed by atoms with Crippen LogP contribution in [0.3, 0.4) is 0 Å². The first kappa shape index (κ1) is 25.0. The summed E-state index contributed by atoms with van der Waals surface area (Å²) in [5, 5.41) is 9.73. The molecule has 6 nitrogen and oxygen atoms in total. The molecule has 168 valence electrons. The maximum Gasteiger partial charge on any atom is 0.227 e. The van der Waals surface area contributed by atoms with Crippen molar-refractivity contribution in [3.05, 3.63) is 59.7 Å². The van der Waals surface area contributed by atoms with Crippen LogP contribution in [0.15, 0.2) is 53.5 Å². The summed E-state index contributed by atoms with van der Waals surface area (Å²) in [4.78, 5) is 16.6. The Bertz CT molecular complexity index is 866. The van der Waals surface area contributed by atoms with Crippen molar-refractivity contribution in [1.29, 1.82) is 0 Å². The first-order chi connectivity index (χ1) is 14.7. The highest BCUT2D eigenvalue weighted by Gasteiger charge is 2.22. The fourth-order valence-corrected chi connectivity index (χ4v) is 3.82. The maximum atomic E-state index is 12.4. The molecule has 0 aromatic heterocycles. The van der Waals surface area contributed by atoms with E-state index in [0.29, 0.717) is 6.54 Å². The fraction of sp³-hybridized carbons (Fsp3) is 0.417. The molecule has 0 saturated heterocycles. The van der Waals surface area contributed by atoms with Gasteiger partial charge in [-0.1, -0.05) is 43.2 Å². The third kappa shape index (κ3) is 7.72. The standard InChI is InChI=1S/C24H32N4O2.HI/c1-25-24(26-15-14-19-9-5-6-13-22(19)30-2)27-17-18-8-7-12-21(16-18)28-23(29)20-10-3-4-11-20;/h5-9,12-13,16,20H,3-4,10-11,14-15,17H2,1-2H3,(H,28,29)(H2,25,26,27);1H. The Balaban J connectivity index is 0.00000341. The van der Waals surface area contributed by atoms with E-state index in [9.17, 15) is 4.79 Å². The lowest BCUT2D eigenvalue weighted by molar-refractivity contribution is -0.119. The van der Waals surface area contributed by atoms with Crippen molar-refractivity contribution in [2.75, 3.05) is 26.0 Å². The summed E-state index contributed by atoms with van der Waals surface area (Å²) in [6, 6.07) is 16.0. The van der Waals surface area contributed by atoms with E-state index in [0.717, 1.165) is 67.2 Å². The molecule has 1 aliphatic carbocycles. The minimum absolute atomic E-state index is 0. The van der Waals surface area contributed by atoms with E-state index in [-0.39, 0.29) is 35.8 Å². The number of nitrogens with one attached hydrogen (secondary N) is 3. The average Bonchev–Trinajstić information content (AvgIpc) is 3.32. The molecular weight excluding hydrogens is 503 g/mol. The van der Waals surface area contributed by atoms with Crippen LogP contribution in [0.25, 0.3) is 0 Å². The predicted molar refractivity (Wildman–Crippen MR) is 137 cm³/mol. The first-order valence-corrected chi connectivity index (χ1v) is 10.7. The van der Waals surface area contributed by atoms with E-state index >= 15 is 0 Å². The number of methoxy groups -OCH3 is 1. The molecule has 31 heavy (non-hydrogen) atoms. The largest absolute Gasteiger partial charge is 0.496 e. The first-order valence-electron chi connectivity index (χ1n) is 10.7. The molecule has 0 spiro atoms. The molecule has 0 bridgehead atoms. The van der Waals surface area contributed by atoms with Gasteiger partial charge in [-0.2, -0.15) is 0 Å². The van der Waals surface area contributed by atoms with Crippen LogP contribution < -0.4 is 20.7 Å². The minimum Gasteiger partial charge on any atom is -0.496 e. The number of carbonyl (C=O) groups is 1. The molecule has 2 aromatic carbocycles. The molecule has 1 aliphatic rings. The van der Waals surface area contributed by atoms with Crippen molar-refractivity contribution in [1.82, 2.24) is 10.6 Å². The molecule has 2 aromatic rings. The molecular formula is C24H33IN4O2. The average molecular weight is 536 g/mol. The van der Waals surface area contributed by atoms with E-state index in [1.54, 1.807) is 14.2 Å².